The van der Waals surface area contributed by atoms with E-state index in [1.165, 1.54) is 50.4 Å². The van der Waals surface area contributed by atoms with Crippen LogP contribution in [0.25, 0.3) is 0 Å². The van der Waals surface area contributed by atoms with Gasteiger partial charge in [0, 0.05) is 12.1 Å². The molecule has 0 radical (unpaired) electrons. The van der Waals surface area contributed by atoms with Gasteiger partial charge in [0.05, 0.1) is 12.0 Å². The summed E-state index contributed by atoms with van der Waals surface area (Å²) in [5, 5.41) is 24.4. The van der Waals surface area contributed by atoms with Crippen LogP contribution in [0.3, 0.4) is 0 Å². The molecule has 4 rings (SSSR count). The number of ether oxygens (including phenoxy) is 4. The lowest BCUT2D eigenvalue weighted by molar-refractivity contribution is -0.286. The van der Waals surface area contributed by atoms with E-state index in [0.717, 1.165) is 0 Å². The van der Waals surface area contributed by atoms with Crippen LogP contribution in [0.2, 0.25) is 0 Å². The van der Waals surface area contributed by atoms with Crippen molar-refractivity contribution in [3.63, 3.8) is 0 Å². The highest BCUT2D eigenvalue weighted by atomic mass is 19.3. The monoisotopic (exact) mass is 608 g/mol. The van der Waals surface area contributed by atoms with E-state index in [4.69, 9.17) is 9.47 Å². The summed E-state index contributed by atoms with van der Waals surface area (Å²) in [4.78, 5) is 54.6. The van der Waals surface area contributed by atoms with Crippen LogP contribution in [0.15, 0.2) is 36.5 Å². The fraction of sp³-hybridized carbons (Fsp3) is 0.444. The first-order valence-electron chi connectivity index (χ1n) is 13.2. The summed E-state index contributed by atoms with van der Waals surface area (Å²) in [6, 6.07) is 3.53. The number of β-lactam (4-membered cyclic amide) rings is 1. The minimum atomic E-state index is -3.82. The van der Waals surface area contributed by atoms with Gasteiger partial charge in [-0.2, -0.15) is 0 Å². The number of likely N-dealkylation sites (tertiary alicyclic amines) is 1. The van der Waals surface area contributed by atoms with Crippen LogP contribution in [-0.2, 0) is 25.5 Å². The zero-order valence-corrected chi connectivity index (χ0v) is 23.4. The number of fused-ring (bicyclic) bond motifs is 1. The first-order chi connectivity index (χ1) is 20.1. The molecule has 1 aromatic carbocycles. The number of aliphatic hydroxyl groups excluding tert-OH is 1. The molecule has 2 aromatic rings. The van der Waals surface area contributed by atoms with Gasteiger partial charge in [-0.25, -0.2) is 24.3 Å². The Morgan fingerprint density at radius 2 is 1.81 bits per heavy atom. The van der Waals surface area contributed by atoms with Crippen LogP contribution in [0.4, 0.5) is 24.2 Å². The number of imide groups is 1. The molecule has 3 heterocycles. The minimum absolute atomic E-state index is 0.0441. The van der Waals surface area contributed by atoms with Gasteiger partial charge < -0.3 is 34.5 Å². The third-order valence-electron chi connectivity index (χ3n) is 6.64. The third-order valence-corrected chi connectivity index (χ3v) is 6.64. The van der Waals surface area contributed by atoms with Gasteiger partial charge in [0.15, 0.2) is 23.8 Å². The summed E-state index contributed by atoms with van der Waals surface area (Å²) in [6.07, 6.45) is -5.71. The van der Waals surface area contributed by atoms with E-state index in [2.05, 4.69) is 25.1 Å². The summed E-state index contributed by atoms with van der Waals surface area (Å²) < 4.78 is 45.6. The topological polar surface area (TPSA) is 186 Å². The zero-order valence-electron chi connectivity index (χ0n) is 23.4. The maximum absolute atomic E-state index is 13.3. The quantitative estimate of drug-likeness (QED) is 0.229. The number of benzene rings is 1. The highest BCUT2D eigenvalue weighted by molar-refractivity contribution is 6.07. The second-order valence-electron chi connectivity index (χ2n) is 10.3. The molecule has 1 aromatic heterocycles. The molecule has 1 saturated heterocycles. The fourth-order valence-corrected chi connectivity index (χ4v) is 4.42. The van der Waals surface area contributed by atoms with E-state index in [9.17, 15) is 38.2 Å². The van der Waals surface area contributed by atoms with Crippen LogP contribution in [-0.4, -0.2) is 69.0 Å². The third kappa shape index (κ3) is 7.26. The van der Waals surface area contributed by atoms with E-state index in [0.29, 0.717) is 16.0 Å². The number of hydrogen-bond donors (Lipinski definition) is 4. The second kappa shape index (κ2) is 12.3. The molecule has 4 N–H and O–H groups in total. The SMILES string of the molecule is CC(OC(=O)Nc1cc(C[C@H]2C(=O)N(C(=O)N[C@H](C)c3ccc4c(c3)OC(F)(F)O4)[C@@H]2C(=O)O)ccn1)OC(O)C(C)C. The molecule has 43 heavy (non-hydrogen) atoms. The van der Waals surface area contributed by atoms with Crippen molar-refractivity contribution in [3.8, 4) is 11.5 Å². The highest BCUT2D eigenvalue weighted by Crippen LogP contribution is 2.42. The van der Waals surface area contributed by atoms with E-state index >= 15 is 0 Å². The Morgan fingerprint density at radius 1 is 1.12 bits per heavy atom. The number of pyridine rings is 1. The molecule has 4 amide bonds. The molecule has 2 unspecified atom stereocenters. The molecular weight excluding hydrogens is 578 g/mol. The van der Waals surface area contributed by atoms with Crippen molar-refractivity contribution < 1.29 is 57.1 Å². The standard InChI is InChI=1S/C27H30F2N4O10/c1-12(2)24(37)40-14(4)41-26(39)32-20-10-15(7-8-30-20)9-17-21(23(35)36)33(22(17)34)25(38)31-13(3)16-5-6-18-19(11-16)43-27(28,29)42-18/h5-8,10-14,17,21,24,37H,9H2,1-4H3,(H,31,38)(H,35,36)(H,30,32,39)/t13-,14?,17-,21+,24?/m1/s1. The summed E-state index contributed by atoms with van der Waals surface area (Å²) in [5.41, 5.74) is 0.789. The number of urea groups is 1. The summed E-state index contributed by atoms with van der Waals surface area (Å²) >= 11 is 0. The van der Waals surface area contributed by atoms with E-state index in [-0.39, 0.29) is 29.7 Å². The van der Waals surface area contributed by atoms with Crippen LogP contribution in [0.1, 0.15) is 44.9 Å². The molecule has 0 spiro atoms. The lowest BCUT2D eigenvalue weighted by Crippen LogP contribution is -2.68. The van der Waals surface area contributed by atoms with E-state index < -0.39 is 60.9 Å². The molecule has 0 bridgehead atoms. The molecule has 1 fully saturated rings. The molecule has 5 atom stereocenters. The Morgan fingerprint density at radius 3 is 2.49 bits per heavy atom. The van der Waals surface area contributed by atoms with Crippen LogP contribution in [0.5, 0.6) is 11.5 Å². The average Bonchev–Trinajstić information content (AvgIpc) is 3.22. The van der Waals surface area contributed by atoms with Gasteiger partial charge in [0.2, 0.25) is 12.2 Å². The van der Waals surface area contributed by atoms with E-state index in [1.807, 2.05) is 0 Å². The Kier molecular flexibility index (Phi) is 9.01. The Bertz CT molecular complexity index is 1410. The largest absolute Gasteiger partial charge is 0.586 e. The number of alkyl halides is 2. The van der Waals surface area contributed by atoms with Crippen LogP contribution in [0, 0.1) is 11.8 Å². The van der Waals surface area contributed by atoms with Gasteiger partial charge in [-0.3, -0.25) is 10.1 Å². The highest BCUT2D eigenvalue weighted by Gasteiger charge is 2.55. The first-order valence-corrected chi connectivity index (χ1v) is 13.2. The van der Waals surface area contributed by atoms with Crippen molar-refractivity contribution in [2.45, 2.75) is 65.1 Å². The molecule has 16 heteroatoms. The Labute approximate surface area is 243 Å². The van der Waals surface area contributed by atoms with Gasteiger partial charge in [-0.1, -0.05) is 19.9 Å². The van der Waals surface area contributed by atoms with Crippen LogP contribution < -0.4 is 20.1 Å². The van der Waals surface area contributed by atoms with Crippen molar-refractivity contribution in [3.05, 3.63) is 47.7 Å². The van der Waals surface area contributed by atoms with Gasteiger partial charge in [-0.15, -0.1) is 8.78 Å². The first kappa shape index (κ1) is 31.4. The van der Waals surface area contributed by atoms with Gasteiger partial charge in [0.1, 0.15) is 5.82 Å². The van der Waals surface area contributed by atoms with Crippen molar-refractivity contribution in [1.29, 1.82) is 0 Å². The molecule has 2 aliphatic heterocycles. The zero-order chi connectivity index (χ0) is 31.6. The maximum Gasteiger partial charge on any atom is 0.586 e. The molecule has 2 aliphatic rings. The van der Waals surface area contributed by atoms with Gasteiger partial charge in [-0.05, 0) is 55.7 Å². The number of rotatable bonds is 10. The number of aliphatic carboxylic acids is 1. The number of anilines is 1. The summed E-state index contributed by atoms with van der Waals surface area (Å²) in [6.45, 7) is 6.37. The molecule has 232 valence electrons. The summed E-state index contributed by atoms with van der Waals surface area (Å²) in [5.74, 6) is -3.86. The predicted molar refractivity (Wildman–Crippen MR) is 141 cm³/mol. The number of aromatic nitrogens is 1. The summed E-state index contributed by atoms with van der Waals surface area (Å²) in [7, 11) is 0. The maximum atomic E-state index is 13.3. The minimum Gasteiger partial charge on any atom is -0.480 e. The Balaban J connectivity index is 1.36. The number of nitrogens with zero attached hydrogens (tertiary/aromatic N) is 2. The average molecular weight is 609 g/mol. The number of aliphatic hydroxyl groups is 1. The number of carboxylic acid groups (broad SMARTS) is 1. The number of carboxylic acids is 1. The lowest BCUT2D eigenvalue weighted by atomic mass is 9.82. The fourth-order valence-electron chi connectivity index (χ4n) is 4.42. The van der Waals surface area contributed by atoms with Crippen molar-refractivity contribution >= 4 is 29.8 Å². The molecule has 14 nitrogen and oxygen atoms in total. The van der Waals surface area contributed by atoms with Gasteiger partial charge in [0.25, 0.3) is 0 Å². The molecule has 0 aliphatic carbocycles. The van der Waals surface area contributed by atoms with Crippen LogP contribution >= 0.6 is 0 Å². The number of nitrogens with one attached hydrogen (secondary N) is 2. The van der Waals surface area contributed by atoms with E-state index in [1.54, 1.807) is 13.8 Å². The smallest absolute Gasteiger partial charge is 0.480 e. The number of carbonyl (C=O) groups excluding carboxylic acids is 3. The molecular formula is C27H30F2N4O10. The normalized spacial score (nSPS) is 20.6. The molecule has 0 saturated carbocycles. The number of halogens is 2. The predicted octanol–water partition coefficient (Wildman–Crippen LogP) is 3.21. The van der Waals surface area contributed by atoms with Crippen molar-refractivity contribution in [2.24, 2.45) is 11.8 Å². The number of carbonyl (C=O) groups is 4. The number of amides is 4. The Hall–Kier alpha value is -4.57. The van der Waals surface area contributed by atoms with Gasteiger partial charge >= 0.3 is 24.4 Å². The lowest BCUT2D eigenvalue weighted by Gasteiger charge is -2.43. The van der Waals surface area contributed by atoms with Crippen molar-refractivity contribution in [1.82, 2.24) is 15.2 Å². The second-order valence-corrected chi connectivity index (χ2v) is 10.3. The van der Waals surface area contributed by atoms with Crippen molar-refractivity contribution in [2.75, 3.05) is 5.32 Å². The number of hydrogen-bond acceptors (Lipinski definition) is 10.